The molecule has 0 heterocycles. The first-order valence-corrected chi connectivity index (χ1v) is 7.65. The molecule has 0 bridgehead atoms. The predicted octanol–water partition coefficient (Wildman–Crippen LogP) is 3.57. The number of aromatic hydroxyl groups is 1. The number of rotatable bonds is 4. The van der Waals surface area contributed by atoms with Crippen LogP contribution >= 0.6 is 10.9 Å². The Morgan fingerprint density at radius 2 is 1.91 bits per heavy atom. The van der Waals surface area contributed by atoms with E-state index in [2.05, 4.69) is 10.2 Å². The third-order valence-corrected chi connectivity index (χ3v) is 3.54. The van der Waals surface area contributed by atoms with Crippen LogP contribution in [0.15, 0.2) is 33.3 Å². The zero-order valence-electron chi connectivity index (χ0n) is 12.3. The highest BCUT2D eigenvalue weighted by molar-refractivity contribution is 8.19. The minimum Gasteiger partial charge on any atom is -0.506 e. The van der Waals surface area contributed by atoms with E-state index in [1.807, 2.05) is 0 Å². The van der Waals surface area contributed by atoms with Crippen LogP contribution in [0, 0.1) is 16.7 Å². The first-order valence-electron chi connectivity index (χ1n) is 6.15. The van der Waals surface area contributed by atoms with Gasteiger partial charge in [0.05, 0.1) is 11.0 Å². The molecule has 0 saturated heterocycles. The number of nitrogens with zero attached hydrogens (tertiary/aromatic N) is 3. The Morgan fingerprint density at radius 3 is 2.36 bits per heavy atom. The number of carbonyl (C=O) groups excluding carboxylic acids is 1. The van der Waals surface area contributed by atoms with Crippen molar-refractivity contribution in [3.63, 3.8) is 0 Å². The lowest BCUT2D eigenvalue weighted by Gasteiger charge is -2.19. The Labute approximate surface area is 129 Å². The van der Waals surface area contributed by atoms with Gasteiger partial charge in [-0.1, -0.05) is 20.8 Å². The van der Waals surface area contributed by atoms with E-state index in [1.165, 1.54) is 0 Å². The molecule has 9 heteroatoms. The molecule has 8 nitrogen and oxygen atoms in total. The van der Waals surface area contributed by atoms with Crippen LogP contribution < -0.4 is 0 Å². The molecule has 0 fully saturated rings. The highest BCUT2D eigenvalue weighted by Crippen LogP contribution is 2.46. The van der Waals surface area contributed by atoms with Gasteiger partial charge in [0.2, 0.25) is 6.04 Å². The highest BCUT2D eigenvalue weighted by atomic mass is 32.3. The fraction of sp³-hybridized carbons (Fsp3) is 0.385. The zero-order chi connectivity index (χ0) is 17.1. The standard InChI is InChI=1S/C13H17N3O5S/c1-13(2,3)12(18)10(7-14)16-15-9-6-8(22(19,20)21)4-5-11(9)17/h4-6,10,17,19-21H,1-3H3. The average Bonchev–Trinajstić information content (AvgIpc) is 2.38. The lowest BCUT2D eigenvalue weighted by atomic mass is 9.87. The number of ketones is 1. The summed E-state index contributed by atoms with van der Waals surface area (Å²) in [6, 6.07) is 3.55. The van der Waals surface area contributed by atoms with Crippen molar-refractivity contribution in [1.29, 1.82) is 5.26 Å². The van der Waals surface area contributed by atoms with Gasteiger partial charge in [-0.2, -0.15) is 15.5 Å². The van der Waals surface area contributed by atoms with Gasteiger partial charge < -0.3 is 18.8 Å². The summed E-state index contributed by atoms with van der Waals surface area (Å²) in [5.74, 6) is -0.795. The van der Waals surface area contributed by atoms with E-state index in [0.29, 0.717) is 0 Å². The first kappa shape index (κ1) is 18.1. The van der Waals surface area contributed by atoms with Crippen molar-refractivity contribution in [2.45, 2.75) is 31.7 Å². The first-order chi connectivity index (χ1) is 9.96. The monoisotopic (exact) mass is 327 g/mol. The van der Waals surface area contributed by atoms with Crippen molar-refractivity contribution in [3.8, 4) is 11.8 Å². The Hall–Kier alpha value is -1.99. The SMILES string of the molecule is CC(C)(C)C(=O)C(C#N)N=Nc1cc(S(O)(O)O)ccc1O. The minimum atomic E-state index is -3.97. The maximum Gasteiger partial charge on any atom is 0.215 e. The number of benzene rings is 1. The second-order valence-corrected chi connectivity index (χ2v) is 7.04. The number of nitriles is 1. The molecule has 0 aliphatic carbocycles. The van der Waals surface area contributed by atoms with Gasteiger partial charge in [0, 0.05) is 5.41 Å². The van der Waals surface area contributed by atoms with Crippen molar-refractivity contribution in [1.82, 2.24) is 0 Å². The van der Waals surface area contributed by atoms with Gasteiger partial charge in [-0.25, -0.2) is 0 Å². The van der Waals surface area contributed by atoms with E-state index in [-0.39, 0.29) is 16.3 Å². The number of phenols is 1. The smallest absolute Gasteiger partial charge is 0.215 e. The third-order valence-electron chi connectivity index (χ3n) is 2.65. The Balaban J connectivity index is 3.13. The second kappa shape index (κ2) is 6.41. The number of hydrogen-bond acceptors (Lipinski definition) is 8. The van der Waals surface area contributed by atoms with Crippen LogP contribution in [0.5, 0.6) is 5.75 Å². The van der Waals surface area contributed by atoms with E-state index >= 15 is 0 Å². The normalized spacial score (nSPS) is 14.6. The molecule has 22 heavy (non-hydrogen) atoms. The summed E-state index contributed by atoms with van der Waals surface area (Å²) < 4.78 is 27.5. The van der Waals surface area contributed by atoms with Gasteiger partial charge in [0.25, 0.3) is 0 Å². The molecule has 0 aliphatic heterocycles. The molecular weight excluding hydrogens is 310 g/mol. The van der Waals surface area contributed by atoms with Crippen molar-refractivity contribution in [2.75, 3.05) is 0 Å². The molecule has 120 valence electrons. The number of hydrogen-bond donors (Lipinski definition) is 4. The topological polar surface area (TPSA) is 146 Å². The van der Waals surface area contributed by atoms with Gasteiger partial charge in [-0.15, -0.1) is 0 Å². The molecule has 1 aromatic carbocycles. The third kappa shape index (κ3) is 4.51. The van der Waals surface area contributed by atoms with Crippen molar-refractivity contribution < 1.29 is 23.6 Å². The number of carbonyl (C=O) groups is 1. The Bertz CT molecular complexity index is 641. The van der Waals surface area contributed by atoms with Gasteiger partial charge in [-0.05, 0) is 18.2 Å². The lowest BCUT2D eigenvalue weighted by molar-refractivity contribution is -0.126. The molecular formula is C13H17N3O5S. The van der Waals surface area contributed by atoms with E-state index in [4.69, 9.17) is 18.9 Å². The summed E-state index contributed by atoms with van der Waals surface area (Å²) >= 11 is 0. The maximum absolute atomic E-state index is 12.0. The lowest BCUT2D eigenvalue weighted by Crippen LogP contribution is -2.30. The molecule has 1 atom stereocenters. The van der Waals surface area contributed by atoms with Crippen LogP contribution in [0.25, 0.3) is 0 Å². The largest absolute Gasteiger partial charge is 0.506 e. The molecule has 0 amide bonds. The second-order valence-electron chi connectivity index (χ2n) is 5.53. The van der Waals surface area contributed by atoms with Crippen LogP contribution in [-0.4, -0.2) is 30.6 Å². The number of azo groups is 1. The summed E-state index contributed by atoms with van der Waals surface area (Å²) in [6.07, 6.45) is 0. The molecule has 1 unspecified atom stereocenters. The number of phenolic OH excluding ortho intramolecular Hbond substituents is 1. The molecule has 0 radical (unpaired) electrons. The van der Waals surface area contributed by atoms with Gasteiger partial charge in [0.1, 0.15) is 22.3 Å². The van der Waals surface area contributed by atoms with Crippen LogP contribution in [-0.2, 0) is 4.79 Å². The summed E-state index contributed by atoms with van der Waals surface area (Å²) in [5.41, 5.74) is -0.988. The predicted molar refractivity (Wildman–Crippen MR) is 80.2 cm³/mol. The Kier molecular flexibility index (Phi) is 5.26. The molecule has 0 aliphatic rings. The van der Waals surface area contributed by atoms with Crippen molar-refractivity contribution in [2.24, 2.45) is 15.6 Å². The maximum atomic E-state index is 12.0. The molecule has 0 spiro atoms. The van der Waals surface area contributed by atoms with Gasteiger partial charge >= 0.3 is 0 Å². The van der Waals surface area contributed by atoms with E-state index in [9.17, 15) is 9.90 Å². The zero-order valence-corrected chi connectivity index (χ0v) is 13.1. The summed E-state index contributed by atoms with van der Waals surface area (Å²) in [5, 5.41) is 25.8. The van der Waals surface area contributed by atoms with Crippen LogP contribution in [0.1, 0.15) is 20.8 Å². The molecule has 0 saturated carbocycles. The van der Waals surface area contributed by atoms with Gasteiger partial charge in [-0.3, -0.25) is 4.79 Å². The fourth-order valence-corrected chi connectivity index (χ4v) is 1.94. The molecule has 0 aromatic heterocycles. The summed E-state index contributed by atoms with van der Waals surface area (Å²) in [6.45, 7) is 4.90. The highest BCUT2D eigenvalue weighted by Gasteiger charge is 2.29. The summed E-state index contributed by atoms with van der Waals surface area (Å²) in [4.78, 5) is 11.7. The van der Waals surface area contributed by atoms with E-state index in [0.717, 1.165) is 18.2 Å². The van der Waals surface area contributed by atoms with Crippen LogP contribution in [0.3, 0.4) is 0 Å². The van der Waals surface area contributed by atoms with E-state index in [1.54, 1.807) is 26.8 Å². The molecule has 1 rings (SSSR count). The summed E-state index contributed by atoms with van der Waals surface area (Å²) in [7, 11) is -3.97. The average molecular weight is 327 g/mol. The van der Waals surface area contributed by atoms with Gasteiger partial charge in [0.15, 0.2) is 5.78 Å². The van der Waals surface area contributed by atoms with Crippen LogP contribution in [0.2, 0.25) is 0 Å². The Morgan fingerprint density at radius 1 is 1.32 bits per heavy atom. The minimum absolute atomic E-state index is 0.200. The number of Topliss-reactive ketones (excluding diaryl/α,β-unsaturated/α-hetero) is 1. The fourth-order valence-electron chi connectivity index (χ4n) is 1.42. The van der Waals surface area contributed by atoms with Crippen LogP contribution in [0.4, 0.5) is 5.69 Å². The van der Waals surface area contributed by atoms with E-state index < -0.39 is 28.1 Å². The van der Waals surface area contributed by atoms with Crippen molar-refractivity contribution >= 4 is 22.3 Å². The molecule has 1 aromatic rings. The molecule has 4 N–H and O–H groups in total. The van der Waals surface area contributed by atoms with Crippen molar-refractivity contribution in [3.05, 3.63) is 18.2 Å². The quantitative estimate of drug-likeness (QED) is 0.622.